The van der Waals surface area contributed by atoms with Crippen molar-refractivity contribution >= 4 is 67.2 Å². The smallest absolute Gasteiger partial charge is 0.272 e. The lowest BCUT2D eigenvalue weighted by atomic mass is 10.2. The van der Waals surface area contributed by atoms with Crippen LogP contribution in [0, 0.1) is 0 Å². The van der Waals surface area contributed by atoms with Crippen molar-refractivity contribution in [3.8, 4) is 5.75 Å². The van der Waals surface area contributed by atoms with Crippen LogP contribution in [0.2, 0.25) is 10.0 Å². The first kappa shape index (κ1) is 18.3. The molecule has 0 aliphatic carbocycles. The van der Waals surface area contributed by atoms with E-state index in [1.165, 1.54) is 18.3 Å². The Hall–Kier alpha value is -1.08. The number of halogens is 4. The van der Waals surface area contributed by atoms with Crippen molar-refractivity contribution in [2.75, 3.05) is 7.11 Å². The van der Waals surface area contributed by atoms with Crippen molar-refractivity contribution in [1.82, 2.24) is 5.43 Å². The van der Waals surface area contributed by atoms with Crippen molar-refractivity contribution in [3.05, 3.63) is 60.4 Å². The molecule has 4 nitrogen and oxygen atoms in total. The fourth-order valence-electron chi connectivity index (χ4n) is 1.75. The highest BCUT2D eigenvalue weighted by molar-refractivity contribution is 9.11. The molecule has 0 spiro atoms. The number of methoxy groups -OCH3 is 1. The van der Waals surface area contributed by atoms with Gasteiger partial charge in [0, 0.05) is 5.02 Å². The van der Waals surface area contributed by atoms with Crippen LogP contribution in [0.3, 0.4) is 0 Å². The lowest BCUT2D eigenvalue weighted by Crippen LogP contribution is -2.18. The molecular formula is C15H10Br2Cl2N2O2. The standard InChI is InChI=1S/C15H10Br2Cl2N2O2/c1-23-14-11(16)4-8(5-12(14)17)7-20-21-15(22)10-3-2-9(18)6-13(10)19/h2-7H,1H3,(H,21,22)/b20-7-. The van der Waals surface area contributed by atoms with E-state index < -0.39 is 5.91 Å². The van der Waals surface area contributed by atoms with Crippen LogP contribution in [0.25, 0.3) is 0 Å². The van der Waals surface area contributed by atoms with E-state index in [1.54, 1.807) is 13.2 Å². The maximum absolute atomic E-state index is 12.0. The molecular weight excluding hydrogens is 471 g/mol. The highest BCUT2D eigenvalue weighted by Gasteiger charge is 2.10. The summed E-state index contributed by atoms with van der Waals surface area (Å²) in [5, 5.41) is 4.65. The van der Waals surface area contributed by atoms with Crippen LogP contribution >= 0.6 is 55.1 Å². The van der Waals surface area contributed by atoms with Crippen LogP contribution in [0.15, 0.2) is 44.4 Å². The maximum atomic E-state index is 12.0. The number of ether oxygens (including phenoxy) is 1. The van der Waals surface area contributed by atoms with Gasteiger partial charge in [-0.25, -0.2) is 5.43 Å². The van der Waals surface area contributed by atoms with Crippen molar-refractivity contribution in [1.29, 1.82) is 0 Å². The van der Waals surface area contributed by atoms with Gasteiger partial charge >= 0.3 is 0 Å². The molecule has 2 rings (SSSR count). The molecule has 23 heavy (non-hydrogen) atoms. The number of nitrogens with one attached hydrogen (secondary N) is 1. The van der Waals surface area contributed by atoms with Crippen molar-refractivity contribution in [3.63, 3.8) is 0 Å². The summed E-state index contributed by atoms with van der Waals surface area (Å²) in [7, 11) is 1.58. The summed E-state index contributed by atoms with van der Waals surface area (Å²) in [6.45, 7) is 0. The lowest BCUT2D eigenvalue weighted by molar-refractivity contribution is 0.0955. The Bertz CT molecular complexity index is 759. The molecule has 0 atom stereocenters. The molecule has 0 unspecified atom stereocenters. The number of carbonyl (C=O) groups is 1. The Morgan fingerprint density at radius 2 is 1.87 bits per heavy atom. The average Bonchev–Trinajstić information content (AvgIpc) is 2.46. The molecule has 0 aliphatic rings. The van der Waals surface area contributed by atoms with Crippen molar-refractivity contribution in [2.24, 2.45) is 5.10 Å². The molecule has 8 heteroatoms. The zero-order chi connectivity index (χ0) is 17.0. The molecule has 0 radical (unpaired) electrons. The van der Waals surface area contributed by atoms with Gasteiger partial charge < -0.3 is 4.74 Å². The number of benzene rings is 2. The Morgan fingerprint density at radius 3 is 2.43 bits per heavy atom. The van der Waals surface area contributed by atoms with Gasteiger partial charge in [0.25, 0.3) is 5.91 Å². The SMILES string of the molecule is COc1c(Br)cc(/C=N\NC(=O)c2ccc(Cl)cc2Cl)cc1Br. The van der Waals surface area contributed by atoms with Crippen LogP contribution < -0.4 is 10.2 Å². The maximum Gasteiger partial charge on any atom is 0.272 e. The first-order valence-corrected chi connectivity index (χ1v) is 8.58. The van der Waals surface area contributed by atoms with Gasteiger partial charge in [-0.1, -0.05) is 23.2 Å². The van der Waals surface area contributed by atoms with E-state index in [-0.39, 0.29) is 5.02 Å². The third-order valence-corrected chi connectivity index (χ3v) is 4.51. The quantitative estimate of drug-likeness (QED) is 0.477. The molecule has 0 heterocycles. The Balaban J connectivity index is 2.11. The molecule has 0 aromatic heterocycles. The number of amides is 1. The van der Waals surface area contributed by atoms with Gasteiger partial charge in [0.05, 0.1) is 32.9 Å². The van der Waals surface area contributed by atoms with E-state index in [2.05, 4.69) is 42.4 Å². The van der Waals surface area contributed by atoms with Gasteiger partial charge in [-0.2, -0.15) is 5.10 Å². The van der Waals surface area contributed by atoms with Crippen LogP contribution in [-0.2, 0) is 0 Å². The average molecular weight is 481 g/mol. The fourth-order valence-corrected chi connectivity index (χ4v) is 3.79. The summed E-state index contributed by atoms with van der Waals surface area (Å²) in [5.74, 6) is 0.258. The van der Waals surface area contributed by atoms with Crippen LogP contribution in [-0.4, -0.2) is 19.2 Å². The van der Waals surface area contributed by atoms with Gasteiger partial charge in [0.1, 0.15) is 5.75 Å². The summed E-state index contributed by atoms with van der Waals surface area (Å²) in [4.78, 5) is 12.0. The van der Waals surface area contributed by atoms with E-state index in [4.69, 9.17) is 27.9 Å². The Morgan fingerprint density at radius 1 is 1.22 bits per heavy atom. The van der Waals surface area contributed by atoms with E-state index in [0.717, 1.165) is 14.5 Å². The molecule has 2 aromatic carbocycles. The second kappa shape index (κ2) is 8.15. The fraction of sp³-hybridized carbons (Fsp3) is 0.0667. The van der Waals surface area contributed by atoms with Gasteiger partial charge in [-0.05, 0) is 67.8 Å². The third-order valence-electron chi connectivity index (χ3n) is 2.78. The van der Waals surface area contributed by atoms with Gasteiger partial charge in [-0.15, -0.1) is 0 Å². The van der Waals surface area contributed by atoms with Gasteiger partial charge in [0.2, 0.25) is 0 Å². The zero-order valence-corrected chi connectivity index (χ0v) is 16.4. The summed E-state index contributed by atoms with van der Waals surface area (Å²) >= 11 is 18.6. The normalized spacial score (nSPS) is 10.8. The third kappa shape index (κ3) is 4.70. The van der Waals surface area contributed by atoms with Crippen molar-refractivity contribution < 1.29 is 9.53 Å². The first-order valence-electron chi connectivity index (χ1n) is 6.24. The molecule has 0 aliphatic heterocycles. The van der Waals surface area contributed by atoms with Crippen LogP contribution in [0.4, 0.5) is 0 Å². The van der Waals surface area contributed by atoms with E-state index in [9.17, 15) is 4.79 Å². The van der Waals surface area contributed by atoms with E-state index in [1.807, 2.05) is 12.1 Å². The Labute approximate surface area is 160 Å². The minimum absolute atomic E-state index is 0.264. The molecule has 1 N–H and O–H groups in total. The highest BCUT2D eigenvalue weighted by Crippen LogP contribution is 2.33. The Kier molecular flexibility index (Phi) is 6.47. The van der Waals surface area contributed by atoms with E-state index >= 15 is 0 Å². The lowest BCUT2D eigenvalue weighted by Gasteiger charge is -2.07. The van der Waals surface area contributed by atoms with Gasteiger partial charge in [0.15, 0.2) is 0 Å². The number of hydrogen-bond donors (Lipinski definition) is 1. The number of rotatable bonds is 4. The zero-order valence-electron chi connectivity index (χ0n) is 11.7. The molecule has 120 valence electrons. The summed E-state index contributed by atoms with van der Waals surface area (Å²) in [6.07, 6.45) is 1.51. The molecule has 0 fully saturated rings. The topological polar surface area (TPSA) is 50.7 Å². The minimum Gasteiger partial charge on any atom is -0.494 e. The van der Waals surface area contributed by atoms with Crippen molar-refractivity contribution in [2.45, 2.75) is 0 Å². The first-order chi connectivity index (χ1) is 10.9. The summed E-state index contributed by atoms with van der Waals surface area (Å²) in [6, 6.07) is 8.25. The monoisotopic (exact) mass is 478 g/mol. The van der Waals surface area contributed by atoms with E-state index in [0.29, 0.717) is 16.3 Å². The summed E-state index contributed by atoms with van der Waals surface area (Å²) in [5.41, 5.74) is 3.48. The number of carbonyl (C=O) groups excluding carboxylic acids is 1. The number of nitrogens with zero attached hydrogens (tertiary/aromatic N) is 1. The predicted molar refractivity (Wildman–Crippen MR) is 99.9 cm³/mol. The molecule has 0 saturated carbocycles. The molecule has 0 bridgehead atoms. The van der Waals surface area contributed by atoms with Crippen LogP contribution in [0.1, 0.15) is 15.9 Å². The molecule has 1 amide bonds. The minimum atomic E-state index is -0.422. The predicted octanol–water partition coefficient (Wildman–Crippen LogP) is 5.29. The molecule has 2 aromatic rings. The van der Waals surface area contributed by atoms with Gasteiger partial charge in [-0.3, -0.25) is 4.79 Å². The molecule has 0 saturated heterocycles. The second-order valence-electron chi connectivity index (χ2n) is 4.34. The summed E-state index contributed by atoms with van der Waals surface area (Å²) < 4.78 is 6.75. The number of hydrazone groups is 1. The number of hydrogen-bond acceptors (Lipinski definition) is 3. The second-order valence-corrected chi connectivity index (χ2v) is 6.89. The van der Waals surface area contributed by atoms with Crippen LogP contribution in [0.5, 0.6) is 5.75 Å². The largest absolute Gasteiger partial charge is 0.494 e. The highest BCUT2D eigenvalue weighted by atomic mass is 79.9.